The van der Waals surface area contributed by atoms with Gasteiger partial charge < -0.3 is 30.4 Å². The van der Waals surface area contributed by atoms with Gasteiger partial charge in [-0.05, 0) is 57.5 Å². The SMILES string of the molecule is C=C(C1=C(/C=C(\C)C(O)(CNC(=O)c2ccc(OCC)c(OC)c2)C(F)(F)F)C(C)(N)CO1)c1ccc(C)nc1. The fourth-order valence-corrected chi connectivity index (χ4v) is 4.09. The molecule has 1 aromatic carbocycles. The molecule has 0 aliphatic carbocycles. The van der Waals surface area contributed by atoms with Crippen molar-refractivity contribution in [1.82, 2.24) is 10.3 Å². The number of alkyl halides is 3. The summed E-state index contributed by atoms with van der Waals surface area (Å²) in [4.78, 5) is 17.0. The van der Waals surface area contributed by atoms with Crippen LogP contribution in [0.25, 0.3) is 5.57 Å². The Morgan fingerprint density at radius 1 is 1.27 bits per heavy atom. The number of pyridine rings is 1. The summed E-state index contributed by atoms with van der Waals surface area (Å²) >= 11 is 0. The van der Waals surface area contributed by atoms with E-state index in [1.807, 2.05) is 6.92 Å². The molecule has 1 aliphatic heterocycles. The Morgan fingerprint density at radius 3 is 2.52 bits per heavy atom. The number of allylic oxidation sites excluding steroid dienone is 1. The smallest absolute Gasteiger partial charge is 0.422 e. The summed E-state index contributed by atoms with van der Waals surface area (Å²) in [5.74, 6) is -0.0266. The Morgan fingerprint density at radius 2 is 1.95 bits per heavy atom. The number of halogens is 3. The number of aryl methyl sites for hydroxylation is 1. The highest BCUT2D eigenvalue weighted by Gasteiger charge is 2.55. The molecule has 1 aromatic heterocycles. The van der Waals surface area contributed by atoms with E-state index in [1.54, 1.807) is 32.2 Å². The highest BCUT2D eigenvalue weighted by atomic mass is 19.4. The summed E-state index contributed by atoms with van der Waals surface area (Å²) < 4.78 is 59.3. The molecule has 8 nitrogen and oxygen atoms in total. The first-order valence-electron chi connectivity index (χ1n) is 12.5. The number of rotatable bonds is 10. The molecule has 40 heavy (non-hydrogen) atoms. The van der Waals surface area contributed by atoms with Gasteiger partial charge in [-0.1, -0.05) is 18.7 Å². The topological polar surface area (TPSA) is 116 Å². The van der Waals surface area contributed by atoms with Gasteiger partial charge in [-0.3, -0.25) is 9.78 Å². The van der Waals surface area contributed by atoms with E-state index in [-0.39, 0.29) is 29.3 Å². The van der Waals surface area contributed by atoms with Crippen molar-refractivity contribution >= 4 is 11.5 Å². The molecule has 2 heterocycles. The number of ether oxygens (including phenoxy) is 3. The Labute approximate surface area is 231 Å². The van der Waals surface area contributed by atoms with Crippen molar-refractivity contribution in [2.45, 2.75) is 45.0 Å². The van der Waals surface area contributed by atoms with E-state index in [1.165, 1.54) is 25.3 Å². The molecule has 0 fully saturated rings. The maximum Gasteiger partial charge on any atom is 0.422 e. The van der Waals surface area contributed by atoms with Crippen LogP contribution in [0.1, 0.15) is 42.4 Å². The standard InChI is InChI=1S/C29H34F3N3O5/c1-7-39-23-11-10-20(13-24(23)38-6)26(36)35-15-28(37,29(30,31)32)17(2)12-22-25(40-16-27(22,5)33)19(4)21-9-8-18(3)34-14-21/h8-14,37H,4,7,15-16,33H2,1-3,5-6H3,(H,35,36)/b17-12+. The molecule has 2 unspecified atom stereocenters. The number of nitrogens with two attached hydrogens (primary N) is 1. The van der Waals surface area contributed by atoms with Crippen molar-refractivity contribution in [2.24, 2.45) is 5.73 Å². The first kappa shape index (κ1) is 30.7. The van der Waals surface area contributed by atoms with Crippen molar-refractivity contribution in [2.75, 3.05) is 26.9 Å². The van der Waals surface area contributed by atoms with Gasteiger partial charge >= 0.3 is 6.18 Å². The second-order valence-corrected chi connectivity index (χ2v) is 9.78. The van der Waals surface area contributed by atoms with Crippen molar-refractivity contribution in [3.05, 3.63) is 82.9 Å². The van der Waals surface area contributed by atoms with Gasteiger partial charge in [0.1, 0.15) is 12.4 Å². The monoisotopic (exact) mass is 561 g/mol. The number of methoxy groups -OCH3 is 1. The van der Waals surface area contributed by atoms with Gasteiger partial charge in [-0.25, -0.2) is 0 Å². The molecule has 1 amide bonds. The van der Waals surface area contributed by atoms with Crippen LogP contribution in [0.15, 0.2) is 66.1 Å². The van der Waals surface area contributed by atoms with Gasteiger partial charge in [0.15, 0.2) is 17.1 Å². The predicted molar refractivity (Wildman–Crippen MR) is 145 cm³/mol. The summed E-state index contributed by atoms with van der Waals surface area (Å²) in [7, 11) is 1.38. The fourth-order valence-electron chi connectivity index (χ4n) is 4.09. The summed E-state index contributed by atoms with van der Waals surface area (Å²) in [6, 6.07) is 7.73. The van der Waals surface area contributed by atoms with Gasteiger partial charge in [0.25, 0.3) is 5.91 Å². The molecule has 0 radical (unpaired) electrons. The molecule has 1 aliphatic rings. The maximum absolute atomic E-state index is 14.3. The fraction of sp³-hybridized carbons (Fsp3) is 0.379. The van der Waals surface area contributed by atoms with Crippen LogP contribution in [0, 0.1) is 6.92 Å². The van der Waals surface area contributed by atoms with Gasteiger partial charge in [0.2, 0.25) is 0 Å². The highest BCUT2D eigenvalue weighted by molar-refractivity contribution is 5.95. The second-order valence-electron chi connectivity index (χ2n) is 9.78. The number of aliphatic hydroxyl groups is 1. The summed E-state index contributed by atoms with van der Waals surface area (Å²) in [5, 5.41) is 13.1. The zero-order valence-corrected chi connectivity index (χ0v) is 23.1. The van der Waals surface area contributed by atoms with Crippen LogP contribution in [-0.4, -0.2) is 60.2 Å². The molecule has 216 valence electrons. The van der Waals surface area contributed by atoms with Gasteiger partial charge in [0.05, 0.1) is 25.8 Å². The normalized spacial score (nSPS) is 19.1. The number of nitrogens with one attached hydrogen (secondary N) is 1. The van der Waals surface area contributed by atoms with Crippen molar-refractivity contribution in [3.8, 4) is 11.5 Å². The third kappa shape index (κ3) is 6.31. The van der Waals surface area contributed by atoms with Crippen LogP contribution in [0.3, 0.4) is 0 Å². The zero-order chi connectivity index (χ0) is 29.9. The molecular weight excluding hydrogens is 527 g/mol. The number of hydrogen-bond acceptors (Lipinski definition) is 7. The van der Waals surface area contributed by atoms with Crippen LogP contribution in [-0.2, 0) is 4.74 Å². The number of benzene rings is 1. The summed E-state index contributed by atoms with van der Waals surface area (Å²) in [5.41, 5.74) is 3.30. The van der Waals surface area contributed by atoms with E-state index in [2.05, 4.69) is 16.9 Å². The number of amides is 1. The first-order valence-corrected chi connectivity index (χ1v) is 12.5. The second kappa shape index (κ2) is 11.7. The third-order valence-corrected chi connectivity index (χ3v) is 6.62. The minimum absolute atomic E-state index is 0.0134. The van der Waals surface area contributed by atoms with Crippen LogP contribution in [0.2, 0.25) is 0 Å². The quantitative estimate of drug-likeness (QED) is 0.392. The number of nitrogens with zero attached hydrogens (tertiary/aromatic N) is 1. The molecule has 0 saturated carbocycles. The lowest BCUT2D eigenvalue weighted by atomic mass is 9.86. The molecule has 0 bridgehead atoms. The first-order chi connectivity index (χ1) is 18.6. The van der Waals surface area contributed by atoms with Gasteiger partial charge in [0, 0.05) is 34.2 Å². The van der Waals surface area contributed by atoms with E-state index in [0.29, 0.717) is 23.5 Å². The average Bonchev–Trinajstić information content (AvgIpc) is 3.20. The van der Waals surface area contributed by atoms with Crippen LogP contribution in [0.5, 0.6) is 11.5 Å². The highest BCUT2D eigenvalue weighted by Crippen LogP contribution is 2.41. The minimum Gasteiger partial charge on any atom is -0.493 e. The maximum atomic E-state index is 14.3. The van der Waals surface area contributed by atoms with Crippen molar-refractivity contribution in [3.63, 3.8) is 0 Å². The van der Waals surface area contributed by atoms with Gasteiger partial charge in [-0.2, -0.15) is 13.2 Å². The largest absolute Gasteiger partial charge is 0.493 e. The molecule has 2 atom stereocenters. The molecule has 11 heteroatoms. The van der Waals surface area contributed by atoms with Gasteiger partial charge in [-0.15, -0.1) is 0 Å². The van der Waals surface area contributed by atoms with E-state index in [0.717, 1.165) is 18.7 Å². The molecular formula is C29H34F3N3O5. The third-order valence-electron chi connectivity index (χ3n) is 6.62. The number of carbonyl (C=O) groups excluding carboxylic acids is 1. The Bertz CT molecular complexity index is 1330. The van der Waals surface area contributed by atoms with E-state index < -0.39 is 35.3 Å². The Balaban J connectivity index is 1.94. The van der Waals surface area contributed by atoms with Crippen molar-refractivity contribution in [1.29, 1.82) is 0 Å². The zero-order valence-electron chi connectivity index (χ0n) is 23.1. The molecule has 2 aromatic rings. The minimum atomic E-state index is -5.14. The number of aromatic nitrogens is 1. The molecule has 0 spiro atoms. The predicted octanol–water partition coefficient (Wildman–Crippen LogP) is 4.48. The number of hydrogen-bond donors (Lipinski definition) is 3. The summed E-state index contributed by atoms with van der Waals surface area (Å²) in [6.45, 7) is 9.53. The van der Waals surface area contributed by atoms with Crippen LogP contribution < -0.4 is 20.5 Å². The molecule has 0 saturated heterocycles. The van der Waals surface area contributed by atoms with Crippen molar-refractivity contribution < 1.29 is 37.3 Å². The van der Waals surface area contributed by atoms with E-state index in [4.69, 9.17) is 19.9 Å². The number of carbonyl (C=O) groups is 1. The van der Waals surface area contributed by atoms with Crippen LogP contribution in [0.4, 0.5) is 13.2 Å². The lowest BCUT2D eigenvalue weighted by molar-refractivity contribution is -0.241. The van der Waals surface area contributed by atoms with E-state index in [9.17, 15) is 23.1 Å². The Kier molecular flexibility index (Phi) is 9.00. The average molecular weight is 562 g/mol. The summed E-state index contributed by atoms with van der Waals surface area (Å²) in [6.07, 6.45) is -2.42. The molecule has 4 N–H and O–H groups in total. The van der Waals surface area contributed by atoms with E-state index >= 15 is 0 Å². The lowest BCUT2D eigenvalue weighted by Gasteiger charge is -2.32. The van der Waals surface area contributed by atoms with Crippen LogP contribution >= 0.6 is 0 Å². The lowest BCUT2D eigenvalue weighted by Crippen LogP contribution is -2.54. The Hall–Kier alpha value is -3.83. The molecule has 3 rings (SSSR count).